The summed E-state index contributed by atoms with van der Waals surface area (Å²) in [6.45, 7) is 4.14. The largest absolute Gasteiger partial charge is 0.417 e. The number of amides is 2. The predicted octanol–water partition coefficient (Wildman–Crippen LogP) is 8.12. The summed E-state index contributed by atoms with van der Waals surface area (Å²) in [5.41, 5.74) is 8.24. The Morgan fingerprint density at radius 3 is 1.33 bits per heavy atom. The van der Waals surface area contributed by atoms with Gasteiger partial charge in [-0.1, -0.05) is 13.8 Å². The van der Waals surface area contributed by atoms with Gasteiger partial charge in [0.2, 0.25) is 0 Å². The minimum absolute atomic E-state index is 0.0262. The van der Waals surface area contributed by atoms with E-state index in [1.807, 2.05) is 13.8 Å². The summed E-state index contributed by atoms with van der Waals surface area (Å²) < 4.78 is 83.9. The van der Waals surface area contributed by atoms with Crippen LogP contribution in [0.3, 0.4) is 0 Å². The first-order valence-corrected chi connectivity index (χ1v) is 18.5. The first kappa shape index (κ1) is 39.8. The third kappa shape index (κ3) is 11.2. The fourth-order valence-electron chi connectivity index (χ4n) is 3.98. The lowest BCUT2D eigenvalue weighted by Crippen LogP contribution is -2.20. The molecule has 1 heterocycles. The van der Waals surface area contributed by atoms with Gasteiger partial charge >= 0.3 is 12.4 Å². The number of hydrogen-bond donors (Lipinski definition) is 4. The van der Waals surface area contributed by atoms with Crippen LogP contribution in [-0.4, -0.2) is 57.9 Å². The second-order valence-corrected chi connectivity index (χ2v) is 14.4. The molecule has 1 aromatic heterocycles. The summed E-state index contributed by atoms with van der Waals surface area (Å²) >= 11 is 4.44. The van der Waals surface area contributed by atoms with Crippen molar-refractivity contribution < 1.29 is 35.9 Å². The van der Waals surface area contributed by atoms with Crippen LogP contribution in [0.15, 0.2) is 56.2 Å². The number of anilines is 2. The van der Waals surface area contributed by atoms with Gasteiger partial charge in [0, 0.05) is 50.2 Å². The molecule has 0 saturated carbocycles. The molecule has 0 bridgehead atoms. The highest BCUT2D eigenvalue weighted by atomic mass is 32.2. The van der Waals surface area contributed by atoms with Crippen LogP contribution in [0, 0.1) is 0 Å². The number of aromatic nitrogens is 2. The van der Waals surface area contributed by atoms with Gasteiger partial charge in [0.1, 0.15) is 17.7 Å². The first-order valence-electron chi connectivity index (χ1n) is 14.6. The number of halogens is 6. The molecule has 0 radical (unpaired) electrons. The molecule has 0 aliphatic heterocycles. The maximum Gasteiger partial charge on any atom is 0.417 e. The molecule has 0 fully saturated rings. The van der Waals surface area contributed by atoms with E-state index in [1.54, 1.807) is 0 Å². The van der Waals surface area contributed by atoms with Crippen LogP contribution >= 0.6 is 47.0 Å². The molecule has 6 N–H and O–H groups in total. The van der Waals surface area contributed by atoms with Crippen LogP contribution in [0.2, 0.25) is 0 Å². The van der Waals surface area contributed by atoms with Gasteiger partial charge in [-0.3, -0.25) is 9.59 Å². The molecule has 8 nitrogen and oxygen atoms in total. The van der Waals surface area contributed by atoms with Gasteiger partial charge in [0.05, 0.1) is 22.5 Å². The molecule has 3 rings (SSSR count). The van der Waals surface area contributed by atoms with E-state index < -0.39 is 35.3 Å². The van der Waals surface area contributed by atoms with Gasteiger partial charge in [-0.05, 0) is 48.6 Å². The zero-order valence-electron chi connectivity index (χ0n) is 25.9. The molecule has 2 aromatic carbocycles. The lowest BCUT2D eigenvalue weighted by Gasteiger charge is -2.18. The number of nitrogens with zero attached hydrogens (tertiary/aromatic N) is 2. The van der Waals surface area contributed by atoms with Gasteiger partial charge in [-0.2, -0.15) is 26.3 Å². The number of hydrogen-bond acceptors (Lipinski definition) is 10. The molecule has 0 aliphatic carbocycles. The third-order valence-corrected chi connectivity index (χ3v) is 10.8. The Bertz CT molecular complexity index is 1470. The van der Waals surface area contributed by atoms with Crippen molar-refractivity contribution in [3.05, 3.63) is 59.2 Å². The molecule has 0 spiro atoms. The zero-order chi connectivity index (χ0) is 35.5. The van der Waals surface area contributed by atoms with Crippen LogP contribution in [0.5, 0.6) is 0 Å². The normalized spacial score (nSPS) is 11.9. The molecular formula is C30H34F6N6O2S4. The molecule has 262 valence electrons. The topological polar surface area (TPSA) is 136 Å². The van der Waals surface area contributed by atoms with E-state index >= 15 is 0 Å². The Balaban J connectivity index is 1.96. The van der Waals surface area contributed by atoms with Gasteiger partial charge < -0.3 is 22.1 Å². The summed E-state index contributed by atoms with van der Waals surface area (Å²) in [5, 5.41) is 4.94. The Hall–Kier alpha value is -2.64. The zero-order valence-corrected chi connectivity index (χ0v) is 29.2. The quantitative estimate of drug-likeness (QED) is 0.0839. The molecule has 18 heteroatoms. The Labute approximate surface area is 291 Å². The fraction of sp³-hybridized carbons (Fsp3) is 0.400. The number of alkyl halides is 6. The van der Waals surface area contributed by atoms with Crippen molar-refractivity contribution in [2.45, 2.75) is 58.6 Å². The van der Waals surface area contributed by atoms with Crippen LogP contribution in [0.25, 0.3) is 0 Å². The average Bonchev–Trinajstić information content (AvgIpc) is 3.04. The first-order chi connectivity index (χ1) is 22.7. The third-order valence-electron chi connectivity index (χ3n) is 6.08. The maximum absolute atomic E-state index is 14.0. The van der Waals surface area contributed by atoms with Crippen molar-refractivity contribution in [1.29, 1.82) is 0 Å². The number of nitrogens with one attached hydrogen (secondary N) is 2. The second kappa shape index (κ2) is 18.4. The maximum atomic E-state index is 14.0. The highest BCUT2D eigenvalue weighted by molar-refractivity contribution is 8.00. The molecule has 2 amide bonds. The fourth-order valence-corrected chi connectivity index (χ4v) is 7.65. The molecule has 3 aromatic rings. The number of rotatable bonds is 16. The van der Waals surface area contributed by atoms with Crippen molar-refractivity contribution in [1.82, 2.24) is 9.97 Å². The van der Waals surface area contributed by atoms with Gasteiger partial charge in [0.25, 0.3) is 11.8 Å². The molecule has 0 unspecified atom stereocenters. The number of carbonyl (C=O) groups excluding carboxylic acids is 2. The minimum atomic E-state index is -4.72. The van der Waals surface area contributed by atoms with Crippen molar-refractivity contribution in [2.75, 3.05) is 46.7 Å². The van der Waals surface area contributed by atoms with Crippen molar-refractivity contribution in [3.8, 4) is 0 Å². The summed E-state index contributed by atoms with van der Waals surface area (Å²) in [6, 6.07) is 5.44. The van der Waals surface area contributed by atoms with Gasteiger partial charge in [0.15, 0.2) is 0 Å². The molecule has 0 saturated heterocycles. The highest BCUT2D eigenvalue weighted by Crippen LogP contribution is 2.44. The number of nitrogens with two attached hydrogens (primary N) is 2. The summed E-state index contributed by atoms with van der Waals surface area (Å²) in [5.74, 6) is -0.193. The summed E-state index contributed by atoms with van der Waals surface area (Å²) in [7, 11) is 0. The SMILES string of the molecule is CCCSc1cc(SCCN)c(C(F)(F)F)cc1NC(=O)c1cc(C(=O)Nc2cc(C(F)(F)F)c(SCCN)cc2SCCC)ncn1. The van der Waals surface area contributed by atoms with Crippen molar-refractivity contribution in [3.63, 3.8) is 0 Å². The van der Waals surface area contributed by atoms with Crippen molar-refractivity contribution >= 4 is 70.2 Å². The number of thioether (sulfide) groups is 4. The second-order valence-electron chi connectivity index (χ2n) is 9.85. The van der Waals surface area contributed by atoms with E-state index in [9.17, 15) is 35.9 Å². The Morgan fingerprint density at radius 1 is 0.625 bits per heavy atom. The Kier molecular flexibility index (Phi) is 15.2. The van der Waals surface area contributed by atoms with Crippen LogP contribution in [-0.2, 0) is 12.4 Å². The van der Waals surface area contributed by atoms with Crippen LogP contribution in [0.1, 0.15) is 58.8 Å². The van der Waals surface area contributed by atoms with E-state index in [4.69, 9.17) is 11.5 Å². The lowest BCUT2D eigenvalue weighted by molar-refractivity contribution is -0.140. The monoisotopic (exact) mass is 752 g/mol. The average molecular weight is 753 g/mol. The molecule has 48 heavy (non-hydrogen) atoms. The molecule has 0 aliphatic rings. The van der Waals surface area contributed by atoms with Gasteiger partial charge in [-0.15, -0.1) is 47.0 Å². The highest BCUT2D eigenvalue weighted by Gasteiger charge is 2.36. The number of carbonyl (C=O) groups is 2. The summed E-state index contributed by atoms with van der Waals surface area (Å²) in [6.07, 6.45) is -7.09. The Morgan fingerprint density at radius 2 is 1.00 bits per heavy atom. The predicted molar refractivity (Wildman–Crippen MR) is 182 cm³/mol. The number of benzene rings is 2. The van der Waals surface area contributed by atoms with Crippen LogP contribution in [0.4, 0.5) is 37.7 Å². The van der Waals surface area contributed by atoms with E-state index in [0.29, 0.717) is 34.1 Å². The smallest absolute Gasteiger partial charge is 0.330 e. The lowest BCUT2D eigenvalue weighted by atomic mass is 10.1. The molecular weight excluding hydrogens is 719 g/mol. The molecule has 0 atom stereocenters. The van der Waals surface area contributed by atoms with E-state index in [0.717, 1.165) is 48.1 Å². The van der Waals surface area contributed by atoms with Crippen LogP contribution < -0.4 is 22.1 Å². The van der Waals surface area contributed by atoms with E-state index in [2.05, 4.69) is 20.6 Å². The van der Waals surface area contributed by atoms with Crippen molar-refractivity contribution in [2.24, 2.45) is 11.5 Å². The standard InChI is InChI=1S/C30H34F6N6O2S4/c1-3-7-45-25-14-23(47-9-5-37)17(29(31,32)33)11-19(25)41-27(43)21-13-22(40-16-39-21)28(44)42-20-12-18(30(34,35)36)24(48-10-6-38)15-26(20)46-8-4-2/h11-16H,3-10,37-38H2,1-2H3,(H,41,43)(H,42,44). The van der Waals surface area contributed by atoms with E-state index in [1.165, 1.54) is 35.7 Å². The van der Waals surface area contributed by atoms with Gasteiger partial charge in [-0.25, -0.2) is 9.97 Å². The minimum Gasteiger partial charge on any atom is -0.330 e. The summed E-state index contributed by atoms with van der Waals surface area (Å²) in [4.78, 5) is 35.0. The van der Waals surface area contributed by atoms with E-state index in [-0.39, 0.29) is 57.1 Å².